The van der Waals surface area contributed by atoms with Gasteiger partial charge in [0.25, 0.3) is 0 Å². The molecule has 0 amide bonds. The van der Waals surface area contributed by atoms with E-state index in [2.05, 4.69) is 37.9 Å². The molecule has 1 aromatic carbocycles. The Hall–Kier alpha value is -1.27. The maximum atomic E-state index is 12.3. The fourth-order valence-corrected chi connectivity index (χ4v) is 1.94. The average Bonchev–Trinajstić information content (AvgIpc) is 2.32. The number of ether oxygens (including phenoxy) is 1. The Balaban J connectivity index is 2.89. The van der Waals surface area contributed by atoms with Crippen molar-refractivity contribution in [1.82, 2.24) is 5.43 Å². The number of nitrogens with two attached hydrogens (primary N) is 1. The number of alkyl halides is 3. The predicted octanol–water partition coefficient (Wildman–Crippen LogP) is 4.16. The van der Waals surface area contributed by atoms with Crippen molar-refractivity contribution in [3.05, 3.63) is 29.8 Å². The molecule has 0 radical (unpaired) electrons. The third kappa shape index (κ3) is 5.93. The lowest BCUT2D eigenvalue weighted by molar-refractivity contribution is -0.274. The van der Waals surface area contributed by atoms with Crippen LogP contribution in [-0.4, -0.2) is 6.36 Å². The van der Waals surface area contributed by atoms with E-state index >= 15 is 0 Å². The summed E-state index contributed by atoms with van der Waals surface area (Å²) in [5.41, 5.74) is 3.44. The molecule has 0 fully saturated rings. The van der Waals surface area contributed by atoms with Gasteiger partial charge in [-0.2, -0.15) is 0 Å². The third-order valence-corrected chi connectivity index (χ3v) is 3.76. The molecule has 0 saturated heterocycles. The molecule has 2 atom stereocenters. The minimum absolute atomic E-state index is 0.0924. The third-order valence-electron chi connectivity index (χ3n) is 3.76. The van der Waals surface area contributed by atoms with Crippen molar-refractivity contribution < 1.29 is 17.9 Å². The fourth-order valence-electron chi connectivity index (χ4n) is 1.94. The van der Waals surface area contributed by atoms with Crippen LogP contribution in [0.5, 0.6) is 5.75 Å². The maximum Gasteiger partial charge on any atom is 0.573 e. The van der Waals surface area contributed by atoms with Gasteiger partial charge < -0.3 is 4.74 Å². The van der Waals surface area contributed by atoms with Crippen molar-refractivity contribution >= 4 is 0 Å². The first-order chi connectivity index (χ1) is 9.53. The fraction of sp³-hybridized carbons (Fsp3) is 0.600. The zero-order valence-corrected chi connectivity index (χ0v) is 12.8. The number of hydrazine groups is 1. The van der Waals surface area contributed by atoms with Gasteiger partial charge in [-0.3, -0.25) is 11.3 Å². The summed E-state index contributed by atoms with van der Waals surface area (Å²) in [7, 11) is 0. The van der Waals surface area contributed by atoms with Crippen molar-refractivity contribution in [3.63, 3.8) is 0 Å². The van der Waals surface area contributed by atoms with Crippen LogP contribution in [0.15, 0.2) is 24.3 Å². The van der Waals surface area contributed by atoms with Gasteiger partial charge >= 0.3 is 6.36 Å². The summed E-state index contributed by atoms with van der Waals surface area (Å²) in [6.07, 6.45) is -3.97. The number of hydrogen-bond donors (Lipinski definition) is 2. The molecule has 0 heterocycles. The molecule has 3 N–H and O–H groups in total. The van der Waals surface area contributed by atoms with Crippen molar-refractivity contribution in [3.8, 4) is 5.75 Å². The second-order valence-corrected chi connectivity index (χ2v) is 6.34. The van der Waals surface area contributed by atoms with Crippen molar-refractivity contribution in [1.29, 1.82) is 0 Å². The van der Waals surface area contributed by atoms with Gasteiger partial charge in [0.05, 0.1) is 0 Å². The van der Waals surface area contributed by atoms with Gasteiger partial charge in [0.15, 0.2) is 0 Å². The van der Waals surface area contributed by atoms with Crippen LogP contribution in [0, 0.1) is 11.3 Å². The Bertz CT molecular complexity index is 455. The van der Waals surface area contributed by atoms with Crippen molar-refractivity contribution in [2.75, 3.05) is 0 Å². The molecular formula is C15H23F3N2O. The SMILES string of the molecule is CC(CC(NN)c1cccc(OC(F)(F)F)c1)C(C)(C)C. The number of halogens is 3. The molecule has 0 saturated carbocycles. The molecule has 0 aromatic heterocycles. The highest BCUT2D eigenvalue weighted by atomic mass is 19.4. The normalized spacial score (nSPS) is 15.6. The van der Waals surface area contributed by atoms with Gasteiger partial charge in [-0.15, -0.1) is 13.2 Å². The van der Waals surface area contributed by atoms with Crippen LogP contribution in [0.3, 0.4) is 0 Å². The van der Waals surface area contributed by atoms with Crippen LogP contribution < -0.4 is 16.0 Å². The molecule has 2 unspecified atom stereocenters. The van der Waals surface area contributed by atoms with Crippen LogP contribution in [0.25, 0.3) is 0 Å². The van der Waals surface area contributed by atoms with E-state index in [9.17, 15) is 13.2 Å². The van der Waals surface area contributed by atoms with E-state index in [4.69, 9.17) is 5.84 Å². The average molecular weight is 304 g/mol. The molecule has 0 aliphatic carbocycles. The lowest BCUT2D eigenvalue weighted by atomic mass is 9.77. The monoisotopic (exact) mass is 304 g/mol. The Labute approximate surface area is 123 Å². The molecular weight excluding hydrogens is 281 g/mol. The first kappa shape index (κ1) is 17.8. The number of rotatable bonds is 5. The molecule has 6 heteroatoms. The lowest BCUT2D eigenvalue weighted by Gasteiger charge is -2.30. The van der Waals surface area contributed by atoms with Crippen LogP contribution in [0.2, 0.25) is 0 Å². The molecule has 120 valence electrons. The topological polar surface area (TPSA) is 47.3 Å². The van der Waals surface area contributed by atoms with E-state index in [0.29, 0.717) is 11.5 Å². The first-order valence-corrected chi connectivity index (χ1v) is 6.85. The van der Waals surface area contributed by atoms with Crippen LogP contribution in [0.4, 0.5) is 13.2 Å². The van der Waals surface area contributed by atoms with Crippen LogP contribution in [0.1, 0.15) is 45.7 Å². The standard InChI is InChI=1S/C15H23F3N2O/c1-10(14(2,3)4)8-13(20-19)11-6-5-7-12(9-11)21-15(16,17)18/h5-7,9-10,13,20H,8,19H2,1-4H3. The van der Waals surface area contributed by atoms with Gasteiger partial charge in [0, 0.05) is 6.04 Å². The summed E-state index contributed by atoms with van der Waals surface area (Å²) in [5, 5.41) is 0. The van der Waals surface area contributed by atoms with E-state index < -0.39 is 6.36 Å². The second kappa shape index (κ2) is 6.66. The molecule has 21 heavy (non-hydrogen) atoms. The highest BCUT2D eigenvalue weighted by Gasteiger charge is 2.31. The van der Waals surface area contributed by atoms with Gasteiger partial charge in [-0.05, 0) is 35.4 Å². The molecule has 1 aromatic rings. The molecule has 0 bridgehead atoms. The minimum Gasteiger partial charge on any atom is -0.406 e. The maximum absolute atomic E-state index is 12.3. The van der Waals surface area contributed by atoms with Gasteiger partial charge in [0.1, 0.15) is 5.75 Å². The highest BCUT2D eigenvalue weighted by Crippen LogP contribution is 2.34. The van der Waals surface area contributed by atoms with Gasteiger partial charge in [-0.1, -0.05) is 39.8 Å². The highest BCUT2D eigenvalue weighted by molar-refractivity contribution is 5.30. The molecule has 1 rings (SSSR count). The van der Waals surface area contributed by atoms with E-state index in [1.54, 1.807) is 6.07 Å². The number of hydrogen-bond acceptors (Lipinski definition) is 3. The minimum atomic E-state index is -4.69. The first-order valence-electron chi connectivity index (χ1n) is 6.85. The zero-order valence-electron chi connectivity index (χ0n) is 12.8. The Kier molecular flexibility index (Phi) is 5.64. The smallest absolute Gasteiger partial charge is 0.406 e. The molecule has 3 nitrogen and oxygen atoms in total. The summed E-state index contributed by atoms with van der Waals surface area (Å²) < 4.78 is 40.7. The number of nitrogens with one attached hydrogen (secondary N) is 1. The van der Waals surface area contributed by atoms with Crippen LogP contribution in [-0.2, 0) is 0 Å². The summed E-state index contributed by atoms with van der Waals surface area (Å²) in [5.74, 6) is 5.67. The number of benzene rings is 1. The van der Waals surface area contributed by atoms with E-state index in [1.165, 1.54) is 18.2 Å². The summed E-state index contributed by atoms with van der Waals surface area (Å²) in [6.45, 7) is 8.46. The van der Waals surface area contributed by atoms with E-state index in [0.717, 1.165) is 6.42 Å². The van der Waals surface area contributed by atoms with Crippen LogP contribution >= 0.6 is 0 Å². The van der Waals surface area contributed by atoms with E-state index in [1.807, 2.05) is 0 Å². The largest absolute Gasteiger partial charge is 0.573 e. The van der Waals surface area contributed by atoms with Crippen molar-refractivity contribution in [2.45, 2.75) is 46.5 Å². The second-order valence-electron chi connectivity index (χ2n) is 6.34. The predicted molar refractivity (Wildman–Crippen MR) is 76.4 cm³/mol. The van der Waals surface area contributed by atoms with Gasteiger partial charge in [-0.25, -0.2) is 0 Å². The van der Waals surface area contributed by atoms with Gasteiger partial charge in [0.2, 0.25) is 0 Å². The Morgan fingerprint density at radius 2 is 1.86 bits per heavy atom. The van der Waals surface area contributed by atoms with E-state index in [-0.39, 0.29) is 17.2 Å². The summed E-state index contributed by atoms with van der Waals surface area (Å²) in [4.78, 5) is 0. The summed E-state index contributed by atoms with van der Waals surface area (Å²) in [6, 6.07) is 5.69. The zero-order chi connectivity index (χ0) is 16.3. The lowest BCUT2D eigenvalue weighted by Crippen LogP contribution is -2.32. The molecule has 0 spiro atoms. The Morgan fingerprint density at radius 3 is 2.33 bits per heavy atom. The molecule has 0 aliphatic heterocycles. The quantitative estimate of drug-likeness (QED) is 0.634. The summed E-state index contributed by atoms with van der Waals surface area (Å²) >= 11 is 0. The Morgan fingerprint density at radius 1 is 1.24 bits per heavy atom. The van der Waals surface area contributed by atoms with Crippen molar-refractivity contribution in [2.24, 2.45) is 17.2 Å². The molecule has 0 aliphatic rings.